The lowest BCUT2D eigenvalue weighted by atomic mass is 10.1. The first-order valence-corrected chi connectivity index (χ1v) is 9.93. The third kappa shape index (κ3) is 6.46. The van der Waals surface area contributed by atoms with Crippen LogP contribution >= 0.6 is 15.9 Å². The molecule has 0 atom stereocenters. The number of alkyl halides is 6. The molecule has 0 spiro atoms. The second-order valence-electron chi connectivity index (χ2n) is 6.61. The minimum absolute atomic E-state index is 0.318. The Morgan fingerprint density at radius 1 is 0.719 bits per heavy atom. The van der Waals surface area contributed by atoms with Gasteiger partial charge in [0.15, 0.2) is 0 Å². The summed E-state index contributed by atoms with van der Waals surface area (Å²) in [4.78, 5) is 4.13. The van der Waals surface area contributed by atoms with E-state index in [0.717, 1.165) is 34.3 Å². The second kappa shape index (κ2) is 9.60. The Hall–Kier alpha value is -3.07. The van der Waals surface area contributed by atoms with Gasteiger partial charge in [0.2, 0.25) is 0 Å². The van der Waals surface area contributed by atoms with Crippen LogP contribution in [0.4, 0.5) is 37.7 Å². The van der Waals surface area contributed by atoms with Gasteiger partial charge in [0.1, 0.15) is 0 Å². The van der Waals surface area contributed by atoms with Crippen molar-refractivity contribution in [3.8, 4) is 0 Å². The maximum Gasteiger partial charge on any atom is 0.416 e. The summed E-state index contributed by atoms with van der Waals surface area (Å²) in [5.74, 6) is 0. The molecule has 0 amide bonds. The Labute approximate surface area is 188 Å². The largest absolute Gasteiger partial charge is 0.416 e. The monoisotopic (exact) mass is 512 g/mol. The highest BCUT2D eigenvalue weighted by molar-refractivity contribution is 9.10. The van der Waals surface area contributed by atoms with E-state index in [-0.39, 0.29) is 0 Å². The van der Waals surface area contributed by atoms with Gasteiger partial charge in [-0.25, -0.2) is 0 Å². The van der Waals surface area contributed by atoms with Gasteiger partial charge in [0.05, 0.1) is 16.8 Å². The summed E-state index contributed by atoms with van der Waals surface area (Å²) < 4.78 is 77.2. The molecule has 0 radical (unpaired) electrons. The lowest BCUT2D eigenvalue weighted by Gasteiger charge is -2.13. The molecule has 0 aliphatic carbocycles. The van der Waals surface area contributed by atoms with Crippen LogP contribution in [-0.4, -0.2) is 6.21 Å². The van der Waals surface area contributed by atoms with Crippen LogP contribution in [0.1, 0.15) is 16.7 Å². The average molecular weight is 513 g/mol. The van der Waals surface area contributed by atoms with Crippen molar-refractivity contribution in [3.63, 3.8) is 0 Å². The molecular weight excluding hydrogens is 498 g/mol. The first kappa shape index (κ1) is 23.6. The summed E-state index contributed by atoms with van der Waals surface area (Å²) in [6.07, 6.45) is -5.88. The van der Waals surface area contributed by atoms with Crippen LogP contribution in [0.3, 0.4) is 0 Å². The summed E-state index contributed by atoms with van der Waals surface area (Å²) in [5.41, 5.74) is 0.474. The van der Waals surface area contributed by atoms with E-state index >= 15 is 0 Å². The number of aliphatic imine (C=N–C) groups is 1. The fourth-order valence-corrected chi connectivity index (χ4v) is 2.94. The van der Waals surface area contributed by atoms with Crippen LogP contribution in [0.5, 0.6) is 0 Å². The lowest BCUT2D eigenvalue weighted by Crippen LogP contribution is -2.05. The zero-order chi connectivity index (χ0) is 23.4. The van der Waals surface area contributed by atoms with E-state index in [0.29, 0.717) is 17.1 Å². The fraction of sp³-hybridized carbons (Fsp3) is 0.0870. The smallest absolute Gasteiger partial charge is 0.355 e. The van der Waals surface area contributed by atoms with E-state index in [1.807, 2.05) is 0 Å². The van der Waals surface area contributed by atoms with Crippen LogP contribution in [-0.2, 0) is 12.4 Å². The molecule has 3 aromatic carbocycles. The second-order valence-corrected chi connectivity index (χ2v) is 7.53. The molecule has 3 rings (SSSR count). The molecule has 0 saturated carbocycles. The summed E-state index contributed by atoms with van der Waals surface area (Å²) in [6, 6.07) is 16.1. The Morgan fingerprint density at radius 3 is 1.72 bits per heavy atom. The molecule has 166 valence electrons. The van der Waals surface area contributed by atoms with Crippen molar-refractivity contribution in [1.82, 2.24) is 0 Å². The number of rotatable bonds is 5. The topological polar surface area (TPSA) is 24.4 Å². The Kier molecular flexibility index (Phi) is 7.08. The van der Waals surface area contributed by atoms with Crippen molar-refractivity contribution in [2.24, 2.45) is 4.99 Å². The minimum atomic E-state index is -4.43. The highest BCUT2D eigenvalue weighted by Gasteiger charge is 2.30. The van der Waals surface area contributed by atoms with Crippen molar-refractivity contribution in [2.75, 3.05) is 5.32 Å². The van der Waals surface area contributed by atoms with Gasteiger partial charge in [0, 0.05) is 22.1 Å². The van der Waals surface area contributed by atoms with E-state index in [1.54, 1.807) is 30.3 Å². The molecular formula is C23H15BrF6N2. The summed E-state index contributed by atoms with van der Waals surface area (Å²) in [6.45, 7) is 0. The predicted molar refractivity (Wildman–Crippen MR) is 117 cm³/mol. The minimum Gasteiger partial charge on any atom is -0.355 e. The van der Waals surface area contributed by atoms with Crippen molar-refractivity contribution >= 4 is 39.2 Å². The number of nitrogens with zero attached hydrogens (tertiary/aromatic N) is 1. The number of hydrogen-bond acceptors (Lipinski definition) is 2. The quantitative estimate of drug-likeness (QED) is 0.269. The molecule has 0 aliphatic heterocycles. The van der Waals surface area contributed by atoms with Gasteiger partial charge in [-0.05, 0) is 72.3 Å². The zero-order valence-electron chi connectivity index (χ0n) is 16.2. The van der Waals surface area contributed by atoms with E-state index in [2.05, 4.69) is 26.2 Å². The van der Waals surface area contributed by atoms with Gasteiger partial charge in [-0.3, -0.25) is 4.99 Å². The van der Waals surface area contributed by atoms with Crippen LogP contribution in [0.2, 0.25) is 0 Å². The standard InChI is InChI=1S/C23H15BrF6N2/c24-18-7-1-15(2-8-18)21(32-20-11-5-17(6-12-20)23(28,29)30)13-14-31-19-9-3-16(4-10-19)22(25,26)27/h1-14,32H/b21-13+,31-14?. The van der Waals surface area contributed by atoms with E-state index in [9.17, 15) is 26.3 Å². The van der Waals surface area contributed by atoms with Crippen molar-refractivity contribution in [2.45, 2.75) is 12.4 Å². The highest BCUT2D eigenvalue weighted by atomic mass is 79.9. The molecule has 0 unspecified atom stereocenters. The van der Waals surface area contributed by atoms with Crippen LogP contribution in [0.25, 0.3) is 5.70 Å². The number of hydrogen-bond donors (Lipinski definition) is 1. The third-order valence-electron chi connectivity index (χ3n) is 4.31. The van der Waals surface area contributed by atoms with E-state index < -0.39 is 23.5 Å². The summed E-state index contributed by atoms with van der Waals surface area (Å²) in [7, 11) is 0. The normalized spacial score (nSPS) is 12.9. The number of halogens is 7. The van der Waals surface area contributed by atoms with Gasteiger partial charge >= 0.3 is 12.4 Å². The van der Waals surface area contributed by atoms with Gasteiger partial charge < -0.3 is 5.32 Å². The SMILES string of the molecule is FC(F)(F)c1ccc(N=C/C=C(/Nc2ccc(C(F)(F)F)cc2)c2ccc(Br)cc2)cc1. The highest BCUT2D eigenvalue weighted by Crippen LogP contribution is 2.31. The van der Waals surface area contributed by atoms with E-state index in [1.165, 1.54) is 30.5 Å². The maximum absolute atomic E-state index is 12.8. The first-order chi connectivity index (χ1) is 15.0. The average Bonchev–Trinajstić information content (AvgIpc) is 2.73. The fourth-order valence-electron chi connectivity index (χ4n) is 2.67. The molecule has 0 saturated heterocycles. The summed E-state index contributed by atoms with van der Waals surface area (Å²) >= 11 is 3.34. The Balaban J connectivity index is 1.85. The third-order valence-corrected chi connectivity index (χ3v) is 4.83. The molecule has 2 nitrogen and oxygen atoms in total. The van der Waals surface area contributed by atoms with Crippen molar-refractivity contribution in [3.05, 3.63) is 100 Å². The molecule has 0 aromatic heterocycles. The number of allylic oxidation sites excluding steroid dienone is 1. The van der Waals surface area contributed by atoms with Crippen LogP contribution < -0.4 is 5.32 Å². The molecule has 0 aliphatic rings. The number of anilines is 1. The molecule has 3 aromatic rings. The first-order valence-electron chi connectivity index (χ1n) is 9.14. The molecule has 0 fully saturated rings. The summed E-state index contributed by atoms with van der Waals surface area (Å²) in [5, 5.41) is 3.05. The molecule has 9 heteroatoms. The lowest BCUT2D eigenvalue weighted by molar-refractivity contribution is -0.138. The molecule has 32 heavy (non-hydrogen) atoms. The van der Waals surface area contributed by atoms with Crippen molar-refractivity contribution < 1.29 is 26.3 Å². The van der Waals surface area contributed by atoms with E-state index in [4.69, 9.17) is 0 Å². The maximum atomic E-state index is 12.8. The Morgan fingerprint density at radius 2 is 1.22 bits per heavy atom. The zero-order valence-corrected chi connectivity index (χ0v) is 17.8. The number of benzene rings is 3. The van der Waals surface area contributed by atoms with Gasteiger partial charge in [-0.1, -0.05) is 28.1 Å². The molecule has 0 heterocycles. The van der Waals surface area contributed by atoms with Gasteiger partial charge in [-0.2, -0.15) is 26.3 Å². The number of nitrogens with one attached hydrogen (secondary N) is 1. The van der Waals surface area contributed by atoms with Crippen LogP contribution in [0, 0.1) is 0 Å². The van der Waals surface area contributed by atoms with Gasteiger partial charge in [-0.15, -0.1) is 0 Å². The van der Waals surface area contributed by atoms with Gasteiger partial charge in [0.25, 0.3) is 0 Å². The van der Waals surface area contributed by atoms with Crippen LogP contribution in [0.15, 0.2) is 88.3 Å². The molecule has 0 bridgehead atoms. The van der Waals surface area contributed by atoms with Crippen molar-refractivity contribution in [1.29, 1.82) is 0 Å². The predicted octanol–water partition coefficient (Wildman–Crippen LogP) is 8.34. The Bertz CT molecular complexity index is 1100. The molecule has 1 N–H and O–H groups in total.